The summed E-state index contributed by atoms with van der Waals surface area (Å²) in [7, 11) is 0. The number of carbonyl (C=O) groups is 1. The lowest BCUT2D eigenvalue weighted by Crippen LogP contribution is -1.97. The third kappa shape index (κ3) is 2.37. The summed E-state index contributed by atoms with van der Waals surface area (Å²) in [6.07, 6.45) is 0. The molecule has 0 aliphatic rings. The van der Waals surface area contributed by atoms with Crippen LogP contribution < -0.4 is 0 Å². The Bertz CT molecular complexity index is 593. The lowest BCUT2D eigenvalue weighted by Gasteiger charge is -2.08. The van der Waals surface area contributed by atoms with Crippen molar-refractivity contribution >= 4 is 17.6 Å². The van der Waals surface area contributed by atoms with E-state index in [-0.39, 0.29) is 17.2 Å². The summed E-state index contributed by atoms with van der Waals surface area (Å²) in [5.41, 5.74) is 2.48. The first-order chi connectivity index (χ1) is 8.63. The van der Waals surface area contributed by atoms with Crippen LogP contribution in [-0.4, -0.2) is 16.2 Å². The van der Waals surface area contributed by atoms with Gasteiger partial charge in [-0.2, -0.15) is 0 Å². The van der Waals surface area contributed by atoms with Gasteiger partial charge in [-0.25, -0.2) is 4.79 Å². The number of aromatic carboxylic acids is 1. The van der Waals surface area contributed by atoms with Crippen LogP contribution in [0.5, 0.6) is 0 Å². The fraction of sp³-hybridized carbons (Fsp3) is 0.0714. The molecule has 0 fully saturated rings. The molecule has 2 aromatic rings. The summed E-state index contributed by atoms with van der Waals surface area (Å²) in [5, 5.41) is 18.4. The van der Waals surface area contributed by atoms with E-state index in [0.29, 0.717) is 0 Å². The van der Waals surface area contributed by atoms with Crippen molar-refractivity contribution < 1.29 is 15.0 Å². The summed E-state index contributed by atoms with van der Waals surface area (Å²) in [4.78, 5) is 10.9. The van der Waals surface area contributed by atoms with Crippen molar-refractivity contribution in [3.8, 4) is 11.1 Å². The first-order valence-corrected chi connectivity index (χ1v) is 5.73. The average Bonchev–Trinajstić information content (AvgIpc) is 2.38. The van der Waals surface area contributed by atoms with Crippen molar-refractivity contribution in [2.24, 2.45) is 0 Å². The molecule has 0 aliphatic carbocycles. The number of carboxylic acid groups (broad SMARTS) is 1. The van der Waals surface area contributed by atoms with Crippen LogP contribution in [0.2, 0.25) is 5.02 Å². The SMILES string of the molecule is O=C(O)c1ccc(-c2ccccc2CO)cc1Cl. The molecule has 3 nitrogen and oxygen atoms in total. The Morgan fingerprint density at radius 1 is 1.17 bits per heavy atom. The molecule has 0 saturated carbocycles. The molecule has 18 heavy (non-hydrogen) atoms. The highest BCUT2D eigenvalue weighted by atomic mass is 35.5. The Morgan fingerprint density at radius 2 is 1.89 bits per heavy atom. The van der Waals surface area contributed by atoms with E-state index in [4.69, 9.17) is 16.7 Å². The largest absolute Gasteiger partial charge is 0.478 e. The molecule has 92 valence electrons. The number of aliphatic hydroxyl groups is 1. The van der Waals surface area contributed by atoms with Gasteiger partial charge in [-0.15, -0.1) is 0 Å². The Morgan fingerprint density at radius 3 is 2.50 bits per heavy atom. The smallest absolute Gasteiger partial charge is 0.337 e. The van der Waals surface area contributed by atoms with E-state index < -0.39 is 5.97 Å². The Hall–Kier alpha value is -1.84. The molecule has 0 aliphatic heterocycles. The standard InChI is InChI=1S/C14H11ClO3/c15-13-7-9(5-6-12(13)14(17)18)11-4-2-1-3-10(11)8-16/h1-7,16H,8H2,(H,17,18). The van der Waals surface area contributed by atoms with Gasteiger partial charge in [-0.05, 0) is 28.8 Å². The van der Waals surface area contributed by atoms with E-state index in [1.165, 1.54) is 6.07 Å². The van der Waals surface area contributed by atoms with E-state index in [9.17, 15) is 9.90 Å². The van der Waals surface area contributed by atoms with Crippen molar-refractivity contribution in [1.82, 2.24) is 0 Å². The third-order valence-electron chi connectivity index (χ3n) is 2.70. The molecule has 2 rings (SSSR count). The maximum absolute atomic E-state index is 10.9. The van der Waals surface area contributed by atoms with Crippen LogP contribution in [0.25, 0.3) is 11.1 Å². The number of halogens is 1. The van der Waals surface area contributed by atoms with Gasteiger partial charge in [0, 0.05) is 0 Å². The molecule has 0 heterocycles. The summed E-state index contributed by atoms with van der Waals surface area (Å²) in [6.45, 7) is -0.0749. The number of carboxylic acids is 1. The second-order valence-corrected chi connectivity index (χ2v) is 4.22. The minimum Gasteiger partial charge on any atom is -0.478 e. The fourth-order valence-corrected chi connectivity index (χ4v) is 2.06. The molecular formula is C14H11ClO3. The lowest BCUT2D eigenvalue weighted by molar-refractivity contribution is 0.0697. The van der Waals surface area contributed by atoms with Gasteiger partial charge in [0.1, 0.15) is 0 Å². The predicted molar refractivity (Wildman–Crippen MR) is 69.8 cm³/mol. The van der Waals surface area contributed by atoms with E-state index in [1.54, 1.807) is 12.1 Å². The second-order valence-electron chi connectivity index (χ2n) is 3.82. The zero-order valence-electron chi connectivity index (χ0n) is 9.43. The molecule has 0 radical (unpaired) electrons. The topological polar surface area (TPSA) is 57.5 Å². The normalized spacial score (nSPS) is 10.3. The van der Waals surface area contributed by atoms with Gasteiger partial charge in [0.25, 0.3) is 0 Å². The van der Waals surface area contributed by atoms with Crippen LogP contribution in [0.3, 0.4) is 0 Å². The Balaban J connectivity index is 2.52. The molecule has 0 spiro atoms. The molecule has 0 bridgehead atoms. The van der Waals surface area contributed by atoms with Gasteiger partial charge in [-0.3, -0.25) is 0 Å². The monoisotopic (exact) mass is 262 g/mol. The quantitative estimate of drug-likeness (QED) is 0.893. The molecule has 0 atom stereocenters. The van der Waals surface area contributed by atoms with E-state index in [2.05, 4.69) is 0 Å². The van der Waals surface area contributed by atoms with Crippen LogP contribution in [0.1, 0.15) is 15.9 Å². The zero-order valence-corrected chi connectivity index (χ0v) is 10.2. The van der Waals surface area contributed by atoms with Crippen LogP contribution in [0.4, 0.5) is 0 Å². The van der Waals surface area contributed by atoms with E-state index in [1.807, 2.05) is 24.3 Å². The highest BCUT2D eigenvalue weighted by molar-refractivity contribution is 6.33. The van der Waals surface area contributed by atoms with Crippen LogP contribution >= 0.6 is 11.6 Å². The molecule has 4 heteroatoms. The first-order valence-electron chi connectivity index (χ1n) is 5.35. The zero-order chi connectivity index (χ0) is 13.1. The summed E-state index contributed by atoms with van der Waals surface area (Å²) in [5.74, 6) is -1.05. The van der Waals surface area contributed by atoms with Crippen molar-refractivity contribution in [2.75, 3.05) is 0 Å². The van der Waals surface area contributed by atoms with Crippen molar-refractivity contribution in [3.05, 3.63) is 58.6 Å². The number of rotatable bonds is 3. The second kappa shape index (κ2) is 5.21. The predicted octanol–water partition coefficient (Wildman–Crippen LogP) is 3.20. The average molecular weight is 263 g/mol. The molecule has 2 aromatic carbocycles. The van der Waals surface area contributed by atoms with Gasteiger partial charge in [0.15, 0.2) is 0 Å². The molecular weight excluding hydrogens is 252 g/mol. The van der Waals surface area contributed by atoms with Gasteiger partial charge >= 0.3 is 5.97 Å². The maximum Gasteiger partial charge on any atom is 0.337 e. The van der Waals surface area contributed by atoms with Gasteiger partial charge in [-0.1, -0.05) is 41.9 Å². The van der Waals surface area contributed by atoms with E-state index >= 15 is 0 Å². The van der Waals surface area contributed by atoms with Crippen molar-refractivity contribution in [3.63, 3.8) is 0 Å². The van der Waals surface area contributed by atoms with Gasteiger partial charge in [0.05, 0.1) is 17.2 Å². The van der Waals surface area contributed by atoms with Crippen molar-refractivity contribution in [1.29, 1.82) is 0 Å². The first kappa shape index (κ1) is 12.6. The number of benzene rings is 2. The van der Waals surface area contributed by atoms with Gasteiger partial charge in [0.2, 0.25) is 0 Å². The van der Waals surface area contributed by atoms with Crippen LogP contribution in [-0.2, 0) is 6.61 Å². The minimum atomic E-state index is -1.05. The highest BCUT2D eigenvalue weighted by Gasteiger charge is 2.11. The van der Waals surface area contributed by atoms with Gasteiger partial charge < -0.3 is 10.2 Å². The third-order valence-corrected chi connectivity index (χ3v) is 3.01. The number of hydrogen-bond acceptors (Lipinski definition) is 2. The molecule has 0 saturated heterocycles. The van der Waals surface area contributed by atoms with E-state index in [0.717, 1.165) is 16.7 Å². The Labute approximate surface area is 109 Å². The van der Waals surface area contributed by atoms with Crippen LogP contribution in [0, 0.1) is 0 Å². The molecule has 2 N–H and O–H groups in total. The number of hydrogen-bond donors (Lipinski definition) is 2. The lowest BCUT2D eigenvalue weighted by atomic mass is 9.99. The summed E-state index contributed by atoms with van der Waals surface area (Å²) in [6, 6.07) is 12.1. The summed E-state index contributed by atoms with van der Waals surface area (Å²) < 4.78 is 0. The highest BCUT2D eigenvalue weighted by Crippen LogP contribution is 2.28. The minimum absolute atomic E-state index is 0.0712. The Kier molecular flexibility index (Phi) is 3.65. The molecule has 0 unspecified atom stereocenters. The summed E-state index contributed by atoms with van der Waals surface area (Å²) >= 11 is 5.93. The molecule has 0 aromatic heterocycles. The maximum atomic E-state index is 10.9. The number of aliphatic hydroxyl groups excluding tert-OH is 1. The fourth-order valence-electron chi connectivity index (χ4n) is 1.80. The van der Waals surface area contributed by atoms with Crippen molar-refractivity contribution in [2.45, 2.75) is 6.61 Å². The molecule has 0 amide bonds. The van der Waals surface area contributed by atoms with Crippen LogP contribution in [0.15, 0.2) is 42.5 Å².